The molecule has 0 aromatic heterocycles. The van der Waals surface area contributed by atoms with Crippen molar-refractivity contribution in [1.29, 1.82) is 0 Å². The quantitative estimate of drug-likeness (QED) is 0.517. The Balaban J connectivity index is 1.80. The highest BCUT2D eigenvalue weighted by molar-refractivity contribution is 5.73. The van der Waals surface area contributed by atoms with Gasteiger partial charge in [0.2, 0.25) is 0 Å². The summed E-state index contributed by atoms with van der Waals surface area (Å²) >= 11 is 0. The number of nitrogens with one attached hydrogen (secondary N) is 3. The van der Waals surface area contributed by atoms with Gasteiger partial charge >= 0.3 is 12.1 Å². The van der Waals surface area contributed by atoms with Crippen LogP contribution in [0.4, 0.5) is 13.2 Å². The molecule has 140 valence electrons. The Bertz CT molecular complexity index is 545. The van der Waals surface area contributed by atoms with Gasteiger partial charge in [0, 0.05) is 12.6 Å². The Morgan fingerprint density at radius 3 is 2.64 bits per heavy atom. The number of carbonyl (C=O) groups is 1. The van der Waals surface area contributed by atoms with Crippen LogP contribution in [0.1, 0.15) is 18.4 Å². The highest BCUT2D eigenvalue weighted by Gasteiger charge is 2.34. The van der Waals surface area contributed by atoms with Gasteiger partial charge in [0.25, 0.3) is 0 Å². The van der Waals surface area contributed by atoms with Crippen LogP contribution in [0.3, 0.4) is 0 Å². The summed E-state index contributed by atoms with van der Waals surface area (Å²) in [6.45, 7) is -0.755. The van der Waals surface area contributed by atoms with Gasteiger partial charge in [-0.3, -0.25) is 9.63 Å². The number of hydrazine groups is 2. The number of benzene rings is 1. The van der Waals surface area contributed by atoms with E-state index in [-0.39, 0.29) is 19.0 Å². The highest BCUT2D eigenvalue weighted by Crippen LogP contribution is 2.17. The number of aliphatic carboxylic acids is 1. The summed E-state index contributed by atoms with van der Waals surface area (Å²) in [7, 11) is 0. The Kier molecular flexibility index (Phi) is 7.14. The summed E-state index contributed by atoms with van der Waals surface area (Å²) in [6, 6.07) is 8.34. The number of nitrogens with zero attached hydrogens (tertiary/aromatic N) is 1. The van der Waals surface area contributed by atoms with Crippen LogP contribution in [0.2, 0.25) is 0 Å². The molecule has 2 rings (SSSR count). The van der Waals surface area contributed by atoms with Crippen molar-refractivity contribution in [2.75, 3.05) is 13.1 Å². The molecule has 0 spiro atoms. The molecular formula is C15H21F3N4O3. The van der Waals surface area contributed by atoms with Crippen molar-refractivity contribution in [3.63, 3.8) is 0 Å². The third kappa shape index (κ3) is 6.96. The van der Waals surface area contributed by atoms with Crippen molar-refractivity contribution >= 4 is 5.97 Å². The monoisotopic (exact) mass is 362 g/mol. The van der Waals surface area contributed by atoms with Gasteiger partial charge in [0.05, 0.1) is 6.61 Å². The van der Waals surface area contributed by atoms with Crippen molar-refractivity contribution in [3.05, 3.63) is 35.9 Å². The molecule has 2 atom stereocenters. The lowest BCUT2D eigenvalue weighted by Gasteiger charge is -2.37. The first-order valence-corrected chi connectivity index (χ1v) is 7.81. The van der Waals surface area contributed by atoms with E-state index in [0.717, 1.165) is 5.56 Å². The molecule has 0 saturated carbocycles. The molecule has 1 saturated heterocycles. The van der Waals surface area contributed by atoms with E-state index in [1.165, 1.54) is 5.01 Å². The van der Waals surface area contributed by atoms with E-state index in [2.05, 4.69) is 11.0 Å². The number of hydrogen-bond acceptors (Lipinski definition) is 6. The van der Waals surface area contributed by atoms with Crippen molar-refractivity contribution in [2.45, 2.75) is 37.7 Å². The minimum atomic E-state index is -4.39. The molecule has 1 fully saturated rings. The van der Waals surface area contributed by atoms with Gasteiger partial charge in [-0.25, -0.2) is 10.4 Å². The maximum Gasteiger partial charge on any atom is 0.402 e. The first-order chi connectivity index (χ1) is 11.8. The number of hydrogen-bond donors (Lipinski definition) is 4. The number of carboxylic acids is 1. The van der Waals surface area contributed by atoms with E-state index in [1.54, 1.807) is 0 Å². The molecule has 1 aromatic rings. The Morgan fingerprint density at radius 2 is 2.00 bits per heavy atom. The van der Waals surface area contributed by atoms with Crippen LogP contribution in [0.15, 0.2) is 30.3 Å². The number of piperidine rings is 1. The minimum Gasteiger partial charge on any atom is -0.480 e. The summed E-state index contributed by atoms with van der Waals surface area (Å²) in [6.07, 6.45) is -3.58. The fourth-order valence-electron chi connectivity index (χ4n) is 2.51. The lowest BCUT2D eigenvalue weighted by atomic mass is 10.0. The van der Waals surface area contributed by atoms with Crippen molar-refractivity contribution in [3.8, 4) is 0 Å². The lowest BCUT2D eigenvalue weighted by molar-refractivity contribution is -0.151. The molecule has 25 heavy (non-hydrogen) atoms. The molecule has 0 unspecified atom stereocenters. The zero-order chi connectivity index (χ0) is 18.3. The number of alkyl halides is 3. The topological polar surface area (TPSA) is 85.9 Å². The van der Waals surface area contributed by atoms with E-state index < -0.39 is 24.7 Å². The van der Waals surface area contributed by atoms with Crippen LogP contribution < -0.4 is 16.4 Å². The number of carboxylic acid groups (broad SMARTS) is 1. The summed E-state index contributed by atoms with van der Waals surface area (Å²) < 4.78 is 36.6. The van der Waals surface area contributed by atoms with Gasteiger partial charge in [0.1, 0.15) is 12.6 Å². The van der Waals surface area contributed by atoms with Gasteiger partial charge in [0.15, 0.2) is 0 Å². The molecule has 0 amide bonds. The van der Waals surface area contributed by atoms with Crippen molar-refractivity contribution in [2.24, 2.45) is 0 Å². The van der Waals surface area contributed by atoms with Crippen LogP contribution in [0, 0.1) is 0 Å². The second-order valence-electron chi connectivity index (χ2n) is 5.75. The lowest BCUT2D eigenvalue weighted by Crippen LogP contribution is -2.62. The normalized spacial score (nSPS) is 22.0. The second kappa shape index (κ2) is 9.11. The molecule has 1 aliphatic rings. The molecule has 4 N–H and O–H groups in total. The molecule has 0 bridgehead atoms. The zero-order valence-electron chi connectivity index (χ0n) is 13.4. The largest absolute Gasteiger partial charge is 0.480 e. The molecule has 1 heterocycles. The van der Waals surface area contributed by atoms with Gasteiger partial charge in [-0.15, -0.1) is 0 Å². The molecule has 1 aromatic carbocycles. The first kappa shape index (κ1) is 19.6. The molecule has 10 heteroatoms. The fraction of sp³-hybridized carbons (Fsp3) is 0.533. The summed E-state index contributed by atoms with van der Waals surface area (Å²) in [5.74, 6) is -1.09. The number of hydroxylamine groups is 1. The van der Waals surface area contributed by atoms with Crippen LogP contribution in [0.5, 0.6) is 0 Å². The summed E-state index contributed by atoms with van der Waals surface area (Å²) in [5.41, 5.74) is 8.15. The third-order valence-corrected chi connectivity index (χ3v) is 3.71. The maximum absolute atomic E-state index is 12.2. The average Bonchev–Trinajstić information content (AvgIpc) is 2.54. The maximum atomic E-state index is 12.2. The fourth-order valence-corrected chi connectivity index (χ4v) is 2.51. The van der Waals surface area contributed by atoms with Gasteiger partial charge in [-0.1, -0.05) is 30.3 Å². The van der Waals surface area contributed by atoms with E-state index in [0.29, 0.717) is 13.0 Å². The molecular weight excluding hydrogens is 341 g/mol. The van der Waals surface area contributed by atoms with E-state index >= 15 is 0 Å². The van der Waals surface area contributed by atoms with E-state index in [9.17, 15) is 23.1 Å². The summed E-state index contributed by atoms with van der Waals surface area (Å²) in [5, 5.41) is 10.4. The van der Waals surface area contributed by atoms with E-state index in [4.69, 9.17) is 4.84 Å². The van der Waals surface area contributed by atoms with Crippen molar-refractivity contribution in [1.82, 2.24) is 21.4 Å². The Hall–Kier alpha value is -1.72. The number of rotatable bonds is 8. The second-order valence-corrected chi connectivity index (χ2v) is 5.75. The van der Waals surface area contributed by atoms with Crippen LogP contribution in [-0.4, -0.2) is 47.4 Å². The summed E-state index contributed by atoms with van der Waals surface area (Å²) in [4.78, 5) is 16.7. The average molecular weight is 362 g/mol. The minimum absolute atomic E-state index is 0.177. The van der Waals surface area contributed by atoms with E-state index in [1.807, 2.05) is 35.8 Å². The molecule has 1 aliphatic heterocycles. The van der Waals surface area contributed by atoms with Gasteiger partial charge < -0.3 is 5.11 Å². The van der Waals surface area contributed by atoms with Crippen LogP contribution >= 0.6 is 0 Å². The third-order valence-electron chi connectivity index (χ3n) is 3.71. The van der Waals surface area contributed by atoms with Gasteiger partial charge in [-0.2, -0.15) is 24.2 Å². The Labute approximate surface area is 143 Å². The SMILES string of the molecule is O=C(O)[C@@H]1CC[C@@H](NOCc2ccccc2)CN1NNCC(F)(F)F. The predicted molar refractivity (Wildman–Crippen MR) is 82.7 cm³/mol. The Morgan fingerprint density at radius 1 is 1.28 bits per heavy atom. The molecule has 0 radical (unpaired) electrons. The number of halogens is 3. The van der Waals surface area contributed by atoms with Crippen LogP contribution in [-0.2, 0) is 16.2 Å². The van der Waals surface area contributed by atoms with Crippen LogP contribution in [0.25, 0.3) is 0 Å². The highest BCUT2D eigenvalue weighted by atomic mass is 19.4. The smallest absolute Gasteiger partial charge is 0.402 e. The standard InChI is InChI=1S/C15H21F3N4O3/c16-15(17,18)10-19-21-22-8-12(6-7-13(22)14(23)24)20-25-9-11-4-2-1-3-5-11/h1-5,12-13,19-21H,6-10H2,(H,23,24)/t12-,13+/m1/s1. The van der Waals surface area contributed by atoms with Gasteiger partial charge in [-0.05, 0) is 18.4 Å². The predicted octanol–water partition coefficient (Wildman–Crippen LogP) is 1.20. The first-order valence-electron chi connectivity index (χ1n) is 7.81. The molecule has 7 nitrogen and oxygen atoms in total. The zero-order valence-corrected chi connectivity index (χ0v) is 13.4. The molecule has 0 aliphatic carbocycles. The van der Waals surface area contributed by atoms with Crippen molar-refractivity contribution < 1.29 is 27.9 Å².